The molecule has 0 aliphatic carbocycles. The van der Waals surface area contributed by atoms with Crippen LogP contribution in [-0.4, -0.2) is 22.4 Å². The van der Waals surface area contributed by atoms with Crippen molar-refractivity contribution in [2.24, 2.45) is 5.10 Å². The second-order valence-electron chi connectivity index (χ2n) is 4.55. The van der Waals surface area contributed by atoms with Gasteiger partial charge in [-0.25, -0.2) is 10.2 Å². The average molecular weight is 235 g/mol. The van der Waals surface area contributed by atoms with Crippen molar-refractivity contribution in [2.45, 2.75) is 33.3 Å². The predicted molar refractivity (Wildman–Crippen MR) is 65.8 cm³/mol. The fourth-order valence-electron chi connectivity index (χ4n) is 1.07. The Balaban J connectivity index is 2.57. The maximum Gasteiger partial charge on any atom is 0.428 e. The molecule has 1 amide bonds. The van der Waals surface area contributed by atoms with E-state index in [1.807, 2.05) is 12.1 Å². The van der Waals surface area contributed by atoms with Crippen molar-refractivity contribution in [1.29, 1.82) is 0 Å². The number of nitrogens with one attached hydrogen (secondary N) is 1. The summed E-state index contributed by atoms with van der Waals surface area (Å²) in [5.41, 5.74) is 3.33. The topological polar surface area (TPSA) is 63.6 Å². The second kappa shape index (κ2) is 5.43. The van der Waals surface area contributed by atoms with E-state index in [1.54, 1.807) is 40.1 Å². The molecule has 1 N–H and O–H groups in total. The van der Waals surface area contributed by atoms with Crippen LogP contribution in [0.15, 0.2) is 29.6 Å². The molecule has 0 bridgehead atoms. The molecule has 0 fully saturated rings. The monoisotopic (exact) mass is 235 g/mol. The van der Waals surface area contributed by atoms with Gasteiger partial charge in [-0.3, -0.25) is 4.98 Å². The fourth-order valence-corrected chi connectivity index (χ4v) is 1.07. The molecule has 0 aromatic carbocycles. The summed E-state index contributed by atoms with van der Waals surface area (Å²) in [6.07, 6.45) is 2.79. The lowest BCUT2D eigenvalue weighted by molar-refractivity contribution is 0.0529. The first-order valence-electron chi connectivity index (χ1n) is 5.32. The third kappa shape index (κ3) is 5.10. The number of nitrogens with zero attached hydrogens (tertiary/aromatic N) is 2. The highest BCUT2D eigenvalue weighted by Crippen LogP contribution is 2.06. The molecule has 92 valence electrons. The number of ether oxygens (including phenoxy) is 1. The third-order valence-corrected chi connectivity index (χ3v) is 1.79. The lowest BCUT2D eigenvalue weighted by Gasteiger charge is -2.18. The summed E-state index contributed by atoms with van der Waals surface area (Å²) in [6.45, 7) is 7.17. The normalized spacial score (nSPS) is 12.1. The molecule has 1 aromatic rings. The Morgan fingerprint density at radius 3 is 2.71 bits per heavy atom. The van der Waals surface area contributed by atoms with Gasteiger partial charge in [-0.15, -0.1) is 0 Å². The van der Waals surface area contributed by atoms with Gasteiger partial charge in [0.2, 0.25) is 0 Å². The van der Waals surface area contributed by atoms with Gasteiger partial charge >= 0.3 is 6.09 Å². The lowest BCUT2D eigenvalue weighted by atomic mass is 10.2. The van der Waals surface area contributed by atoms with Gasteiger partial charge in [-0.05, 0) is 33.8 Å². The summed E-state index contributed by atoms with van der Waals surface area (Å²) in [4.78, 5) is 15.3. The fraction of sp³-hybridized carbons (Fsp3) is 0.417. The first-order valence-corrected chi connectivity index (χ1v) is 5.32. The number of rotatable bonds is 2. The quantitative estimate of drug-likeness (QED) is 0.632. The molecular weight excluding hydrogens is 218 g/mol. The number of hydrogen-bond acceptors (Lipinski definition) is 4. The van der Waals surface area contributed by atoms with E-state index in [0.717, 1.165) is 5.56 Å². The van der Waals surface area contributed by atoms with Crippen molar-refractivity contribution >= 4 is 11.8 Å². The SMILES string of the molecule is C/C(=N/NC(=O)OC(C)(C)C)c1cccnc1. The van der Waals surface area contributed by atoms with Crippen molar-refractivity contribution in [2.75, 3.05) is 0 Å². The van der Waals surface area contributed by atoms with Gasteiger partial charge in [0, 0.05) is 18.0 Å². The minimum atomic E-state index is -0.569. The van der Waals surface area contributed by atoms with Crippen LogP contribution in [0.1, 0.15) is 33.3 Å². The molecule has 1 heterocycles. The molecule has 5 heteroatoms. The minimum absolute atomic E-state index is 0.526. The van der Waals surface area contributed by atoms with Crippen LogP contribution in [0.3, 0.4) is 0 Å². The molecule has 0 saturated heterocycles. The molecule has 0 unspecified atom stereocenters. The molecule has 0 saturated carbocycles. The lowest BCUT2D eigenvalue weighted by Crippen LogP contribution is -2.30. The van der Waals surface area contributed by atoms with E-state index in [1.165, 1.54) is 0 Å². The molecule has 0 aliphatic rings. The van der Waals surface area contributed by atoms with E-state index < -0.39 is 11.7 Å². The summed E-state index contributed by atoms with van der Waals surface area (Å²) in [5.74, 6) is 0. The van der Waals surface area contributed by atoms with Crippen LogP contribution in [0.2, 0.25) is 0 Å². The number of aromatic nitrogens is 1. The number of hydrazone groups is 1. The van der Waals surface area contributed by atoms with Crippen molar-refractivity contribution < 1.29 is 9.53 Å². The molecule has 5 nitrogen and oxygen atoms in total. The van der Waals surface area contributed by atoms with Crippen LogP contribution in [0, 0.1) is 0 Å². The first-order chi connectivity index (χ1) is 7.88. The van der Waals surface area contributed by atoms with Gasteiger partial charge in [0.1, 0.15) is 5.60 Å². The van der Waals surface area contributed by atoms with Gasteiger partial charge in [0.25, 0.3) is 0 Å². The molecule has 0 spiro atoms. The van der Waals surface area contributed by atoms with Gasteiger partial charge in [-0.2, -0.15) is 5.10 Å². The standard InChI is InChI=1S/C12H17N3O2/c1-9(10-6-5-7-13-8-10)14-15-11(16)17-12(2,3)4/h5-8H,1-4H3,(H,15,16)/b14-9-. The summed E-state index contributed by atoms with van der Waals surface area (Å²) >= 11 is 0. The van der Waals surface area contributed by atoms with Crippen molar-refractivity contribution in [3.8, 4) is 0 Å². The first kappa shape index (κ1) is 13.2. The summed E-state index contributed by atoms with van der Waals surface area (Å²) in [6, 6.07) is 3.67. The van der Waals surface area contributed by atoms with E-state index in [2.05, 4.69) is 15.5 Å². The van der Waals surface area contributed by atoms with Gasteiger partial charge < -0.3 is 4.74 Å². The Morgan fingerprint density at radius 1 is 1.47 bits per heavy atom. The van der Waals surface area contributed by atoms with Gasteiger partial charge in [0.15, 0.2) is 0 Å². The Bertz CT molecular complexity index is 408. The Labute approximate surface area is 101 Å². The van der Waals surface area contributed by atoms with Crippen LogP contribution < -0.4 is 5.43 Å². The predicted octanol–water partition coefficient (Wildman–Crippen LogP) is 2.33. The minimum Gasteiger partial charge on any atom is -0.443 e. The molecular formula is C12H17N3O2. The molecule has 0 atom stereocenters. The molecule has 0 aliphatic heterocycles. The maximum atomic E-state index is 11.3. The summed E-state index contributed by atoms with van der Waals surface area (Å²) in [7, 11) is 0. The molecule has 1 aromatic heterocycles. The zero-order valence-electron chi connectivity index (χ0n) is 10.5. The number of amides is 1. The zero-order chi connectivity index (χ0) is 12.9. The maximum absolute atomic E-state index is 11.3. The highest BCUT2D eigenvalue weighted by Gasteiger charge is 2.15. The molecule has 0 radical (unpaired) electrons. The largest absolute Gasteiger partial charge is 0.443 e. The summed E-state index contributed by atoms with van der Waals surface area (Å²) < 4.78 is 5.05. The van der Waals surface area contributed by atoms with Gasteiger partial charge in [0.05, 0.1) is 5.71 Å². The Morgan fingerprint density at radius 2 is 2.18 bits per heavy atom. The van der Waals surface area contributed by atoms with Crippen LogP contribution in [0.25, 0.3) is 0 Å². The number of hydrogen-bond donors (Lipinski definition) is 1. The van der Waals surface area contributed by atoms with E-state index in [9.17, 15) is 4.79 Å². The number of pyridine rings is 1. The van der Waals surface area contributed by atoms with Crippen molar-refractivity contribution in [1.82, 2.24) is 10.4 Å². The Kier molecular flexibility index (Phi) is 4.20. The van der Waals surface area contributed by atoms with E-state index in [0.29, 0.717) is 5.71 Å². The number of carbonyl (C=O) groups is 1. The number of carbonyl (C=O) groups excluding carboxylic acids is 1. The smallest absolute Gasteiger partial charge is 0.428 e. The van der Waals surface area contributed by atoms with E-state index in [4.69, 9.17) is 4.74 Å². The van der Waals surface area contributed by atoms with E-state index in [-0.39, 0.29) is 0 Å². The summed E-state index contributed by atoms with van der Waals surface area (Å²) in [5, 5.41) is 3.93. The second-order valence-corrected chi connectivity index (χ2v) is 4.55. The zero-order valence-corrected chi connectivity index (χ0v) is 10.5. The Hall–Kier alpha value is -1.91. The molecule has 1 rings (SSSR count). The third-order valence-electron chi connectivity index (χ3n) is 1.79. The highest BCUT2D eigenvalue weighted by atomic mass is 16.6. The van der Waals surface area contributed by atoms with Crippen LogP contribution in [-0.2, 0) is 4.74 Å². The van der Waals surface area contributed by atoms with Crippen molar-refractivity contribution in [3.63, 3.8) is 0 Å². The van der Waals surface area contributed by atoms with Crippen LogP contribution in [0.5, 0.6) is 0 Å². The average Bonchev–Trinajstić information content (AvgIpc) is 2.25. The highest BCUT2D eigenvalue weighted by molar-refractivity contribution is 5.98. The van der Waals surface area contributed by atoms with Crippen LogP contribution >= 0.6 is 0 Å². The van der Waals surface area contributed by atoms with Crippen LogP contribution in [0.4, 0.5) is 4.79 Å². The van der Waals surface area contributed by atoms with Gasteiger partial charge in [-0.1, -0.05) is 6.07 Å². The van der Waals surface area contributed by atoms with E-state index >= 15 is 0 Å². The molecule has 17 heavy (non-hydrogen) atoms. The van der Waals surface area contributed by atoms with Crippen molar-refractivity contribution in [3.05, 3.63) is 30.1 Å².